The van der Waals surface area contributed by atoms with Crippen LogP contribution in [0.4, 0.5) is 0 Å². The monoisotopic (exact) mass is 544 g/mol. The Morgan fingerprint density at radius 1 is 1.13 bits per heavy atom. The second-order valence-electron chi connectivity index (χ2n) is 8.21. The summed E-state index contributed by atoms with van der Waals surface area (Å²) in [6.45, 7) is 6.69. The summed E-state index contributed by atoms with van der Waals surface area (Å²) in [6, 6.07) is 6.24. The molecule has 8 heteroatoms. The summed E-state index contributed by atoms with van der Waals surface area (Å²) < 4.78 is 6.18. The number of amides is 1. The number of phenols is 1. The maximum atomic E-state index is 12.1. The summed E-state index contributed by atoms with van der Waals surface area (Å²) in [4.78, 5) is 19.1. The van der Waals surface area contributed by atoms with Gasteiger partial charge in [-0.1, -0.05) is 12.8 Å². The summed E-state index contributed by atoms with van der Waals surface area (Å²) in [5.41, 5.74) is 0.531. The van der Waals surface area contributed by atoms with Gasteiger partial charge in [0.15, 0.2) is 5.96 Å². The van der Waals surface area contributed by atoms with Crippen LogP contribution in [0.1, 0.15) is 55.8 Å². The first-order chi connectivity index (χ1) is 14.7. The smallest absolute Gasteiger partial charge is 0.251 e. The highest BCUT2D eigenvalue weighted by molar-refractivity contribution is 14.0. The molecule has 0 spiro atoms. The van der Waals surface area contributed by atoms with Gasteiger partial charge >= 0.3 is 0 Å². The van der Waals surface area contributed by atoms with E-state index >= 15 is 0 Å². The molecule has 3 N–H and O–H groups in total. The zero-order valence-corrected chi connectivity index (χ0v) is 20.8. The van der Waals surface area contributed by atoms with Crippen molar-refractivity contribution in [2.75, 3.05) is 39.3 Å². The minimum absolute atomic E-state index is 0. The summed E-state index contributed by atoms with van der Waals surface area (Å²) in [5.74, 6) is 1.68. The number of phenolic OH excluding ortho intramolecular Hbond substituents is 1. The molecule has 1 saturated carbocycles. The van der Waals surface area contributed by atoms with E-state index in [1.165, 1.54) is 37.8 Å². The fraction of sp³-hybridized carbons (Fsp3) is 0.652. The molecule has 174 valence electrons. The van der Waals surface area contributed by atoms with E-state index in [-0.39, 0.29) is 35.6 Å². The third-order valence-electron chi connectivity index (χ3n) is 5.91. The van der Waals surface area contributed by atoms with E-state index in [1.54, 1.807) is 12.1 Å². The largest absolute Gasteiger partial charge is 0.508 e. The molecule has 2 aliphatic rings. The molecule has 2 fully saturated rings. The molecule has 1 saturated heterocycles. The van der Waals surface area contributed by atoms with Gasteiger partial charge in [-0.2, -0.15) is 0 Å². The molecule has 0 aromatic heterocycles. The van der Waals surface area contributed by atoms with Gasteiger partial charge in [0.2, 0.25) is 0 Å². The van der Waals surface area contributed by atoms with E-state index in [0.717, 1.165) is 51.0 Å². The maximum absolute atomic E-state index is 12.1. The van der Waals surface area contributed by atoms with E-state index in [2.05, 4.69) is 27.4 Å². The Morgan fingerprint density at radius 3 is 2.45 bits per heavy atom. The van der Waals surface area contributed by atoms with E-state index in [9.17, 15) is 9.90 Å². The zero-order valence-electron chi connectivity index (χ0n) is 18.5. The first-order valence-electron chi connectivity index (χ1n) is 11.4. The molecule has 1 aromatic rings. The van der Waals surface area contributed by atoms with Gasteiger partial charge < -0.3 is 25.4 Å². The molecule has 0 bridgehead atoms. The molecule has 1 heterocycles. The standard InChI is InChI=1S/C23H36N4O3.HI/c1-2-24-23(26-14-13-25-22(29)19-7-9-20(28)10-8-19)27-15-11-21(12-16-27)30-17-18-5-3-4-6-18;/h7-10,18,21,28H,2-6,11-17H2,1H3,(H,24,26)(H,25,29);1H. The Balaban J connectivity index is 0.00000341. The van der Waals surface area contributed by atoms with Crippen molar-refractivity contribution in [1.29, 1.82) is 0 Å². The number of halogens is 1. The SMILES string of the molecule is CCNC(=NCCNC(=O)c1ccc(O)cc1)N1CCC(OCC2CCCC2)CC1.I. The van der Waals surface area contributed by atoms with Crippen molar-refractivity contribution >= 4 is 35.8 Å². The lowest BCUT2D eigenvalue weighted by Crippen LogP contribution is -2.47. The van der Waals surface area contributed by atoms with Crippen LogP contribution >= 0.6 is 24.0 Å². The van der Waals surface area contributed by atoms with Crippen LogP contribution in [-0.4, -0.2) is 67.3 Å². The number of likely N-dealkylation sites (tertiary alicyclic amines) is 1. The van der Waals surface area contributed by atoms with Crippen LogP contribution in [0.15, 0.2) is 29.3 Å². The Bertz CT molecular complexity index is 685. The number of aliphatic imine (C=N–C) groups is 1. The molecule has 7 nitrogen and oxygen atoms in total. The first kappa shape index (κ1) is 25.7. The number of piperidine rings is 1. The highest BCUT2D eigenvalue weighted by Crippen LogP contribution is 2.26. The average Bonchev–Trinajstić information content (AvgIpc) is 3.29. The van der Waals surface area contributed by atoms with E-state index in [4.69, 9.17) is 4.74 Å². The fourth-order valence-electron chi connectivity index (χ4n) is 4.16. The van der Waals surface area contributed by atoms with Gasteiger partial charge in [0.1, 0.15) is 5.75 Å². The molecule has 0 unspecified atom stereocenters. The second-order valence-corrected chi connectivity index (χ2v) is 8.21. The summed E-state index contributed by atoms with van der Waals surface area (Å²) >= 11 is 0. The summed E-state index contributed by atoms with van der Waals surface area (Å²) in [6.07, 6.45) is 7.84. The number of ether oxygens (including phenoxy) is 1. The number of guanidine groups is 1. The van der Waals surface area contributed by atoms with Crippen LogP contribution < -0.4 is 10.6 Å². The Labute approximate surface area is 203 Å². The number of hydrogen-bond acceptors (Lipinski definition) is 4. The molecule has 31 heavy (non-hydrogen) atoms. The quantitative estimate of drug-likeness (QED) is 0.202. The van der Waals surface area contributed by atoms with Gasteiger partial charge in [-0.05, 0) is 62.8 Å². The highest BCUT2D eigenvalue weighted by atomic mass is 127. The third kappa shape index (κ3) is 8.48. The van der Waals surface area contributed by atoms with Gasteiger partial charge in [-0.15, -0.1) is 24.0 Å². The van der Waals surface area contributed by atoms with Crippen LogP contribution in [0.25, 0.3) is 0 Å². The minimum atomic E-state index is -0.157. The van der Waals surface area contributed by atoms with Crippen LogP contribution in [0.3, 0.4) is 0 Å². The number of nitrogens with one attached hydrogen (secondary N) is 2. The molecule has 1 amide bonds. The molecule has 0 radical (unpaired) electrons. The normalized spacial score (nSPS) is 18.0. The average molecular weight is 544 g/mol. The van der Waals surface area contributed by atoms with E-state index in [0.29, 0.717) is 24.8 Å². The van der Waals surface area contributed by atoms with Crippen LogP contribution in [0.5, 0.6) is 5.75 Å². The Kier molecular flexibility index (Phi) is 11.4. The van der Waals surface area contributed by atoms with Crippen LogP contribution in [-0.2, 0) is 4.74 Å². The molecule has 1 aliphatic heterocycles. The van der Waals surface area contributed by atoms with Crippen molar-refractivity contribution in [3.8, 4) is 5.75 Å². The number of benzene rings is 1. The summed E-state index contributed by atoms with van der Waals surface area (Å²) in [5, 5.41) is 15.6. The molecule has 1 aliphatic carbocycles. The number of carbonyl (C=O) groups is 1. The van der Waals surface area contributed by atoms with Crippen LogP contribution in [0.2, 0.25) is 0 Å². The molecular formula is C23H37IN4O3. The van der Waals surface area contributed by atoms with Gasteiger partial charge in [-0.3, -0.25) is 9.79 Å². The molecule has 0 atom stereocenters. The number of carbonyl (C=O) groups excluding carboxylic acids is 1. The highest BCUT2D eigenvalue weighted by Gasteiger charge is 2.23. The molecular weight excluding hydrogens is 507 g/mol. The number of nitrogens with zero attached hydrogens (tertiary/aromatic N) is 2. The minimum Gasteiger partial charge on any atom is -0.508 e. The lowest BCUT2D eigenvalue weighted by molar-refractivity contribution is 0.00101. The topological polar surface area (TPSA) is 86.2 Å². The van der Waals surface area contributed by atoms with Crippen molar-refractivity contribution in [2.45, 2.75) is 51.6 Å². The van der Waals surface area contributed by atoms with Gasteiger partial charge in [-0.25, -0.2) is 0 Å². The Morgan fingerprint density at radius 2 is 1.81 bits per heavy atom. The molecule has 1 aromatic carbocycles. The van der Waals surface area contributed by atoms with E-state index < -0.39 is 0 Å². The third-order valence-corrected chi connectivity index (χ3v) is 5.91. The Hall–Kier alpha value is -1.55. The summed E-state index contributed by atoms with van der Waals surface area (Å²) in [7, 11) is 0. The molecule has 3 rings (SSSR count). The van der Waals surface area contributed by atoms with Gasteiger partial charge in [0.25, 0.3) is 5.91 Å². The maximum Gasteiger partial charge on any atom is 0.251 e. The van der Waals surface area contributed by atoms with Gasteiger partial charge in [0, 0.05) is 38.3 Å². The number of rotatable bonds is 8. The number of aromatic hydroxyl groups is 1. The van der Waals surface area contributed by atoms with Crippen molar-refractivity contribution < 1.29 is 14.6 Å². The van der Waals surface area contributed by atoms with Gasteiger partial charge in [0.05, 0.1) is 12.6 Å². The predicted octanol–water partition coefficient (Wildman–Crippen LogP) is 3.38. The predicted molar refractivity (Wildman–Crippen MR) is 134 cm³/mol. The van der Waals surface area contributed by atoms with Crippen molar-refractivity contribution in [1.82, 2.24) is 15.5 Å². The number of hydrogen-bond donors (Lipinski definition) is 3. The van der Waals surface area contributed by atoms with Crippen molar-refractivity contribution in [3.63, 3.8) is 0 Å². The lowest BCUT2D eigenvalue weighted by atomic mass is 10.1. The van der Waals surface area contributed by atoms with Crippen LogP contribution in [0, 0.1) is 5.92 Å². The lowest BCUT2D eigenvalue weighted by Gasteiger charge is -2.34. The van der Waals surface area contributed by atoms with Crippen molar-refractivity contribution in [2.24, 2.45) is 10.9 Å². The fourth-order valence-corrected chi connectivity index (χ4v) is 4.16. The van der Waals surface area contributed by atoms with Crippen molar-refractivity contribution in [3.05, 3.63) is 29.8 Å². The second kappa shape index (κ2) is 13.8. The van der Waals surface area contributed by atoms with E-state index in [1.807, 2.05) is 0 Å². The first-order valence-corrected chi connectivity index (χ1v) is 11.4. The zero-order chi connectivity index (χ0) is 21.2.